The minimum atomic E-state index is -0.266. The Morgan fingerprint density at radius 2 is 1.72 bits per heavy atom. The Balaban J connectivity index is 1.96. The van der Waals surface area contributed by atoms with Gasteiger partial charge in [-0.15, -0.1) is 13.2 Å². The number of hydrogen-bond acceptors (Lipinski definition) is 5. The third-order valence-electron chi connectivity index (χ3n) is 3.98. The Morgan fingerprint density at radius 1 is 1.04 bits per heavy atom. The van der Waals surface area contributed by atoms with E-state index in [1.807, 2.05) is 0 Å². The van der Waals surface area contributed by atoms with Gasteiger partial charge in [0.1, 0.15) is 12.7 Å². The highest BCUT2D eigenvalue weighted by molar-refractivity contribution is 5.69. The van der Waals surface area contributed by atoms with Gasteiger partial charge in [-0.1, -0.05) is 44.3 Å². The Bertz CT molecular complexity index is 365. The van der Waals surface area contributed by atoms with Gasteiger partial charge in [-0.25, -0.2) is 0 Å². The van der Waals surface area contributed by atoms with Crippen molar-refractivity contribution in [3.8, 4) is 0 Å². The van der Waals surface area contributed by atoms with E-state index < -0.39 is 0 Å². The minimum Gasteiger partial charge on any atom is -0.463 e. The monoisotopic (exact) mass is 354 g/mol. The summed E-state index contributed by atoms with van der Waals surface area (Å²) in [5, 5.41) is 0. The van der Waals surface area contributed by atoms with Crippen LogP contribution in [0.2, 0.25) is 0 Å². The van der Waals surface area contributed by atoms with E-state index >= 15 is 0 Å². The molecule has 0 amide bonds. The van der Waals surface area contributed by atoms with E-state index in [0.29, 0.717) is 32.3 Å². The molecule has 144 valence electrons. The number of rotatable bonds is 18. The number of ether oxygens (including phenoxy) is 4. The fraction of sp³-hybridized carbons (Fsp3) is 0.750. The summed E-state index contributed by atoms with van der Waals surface area (Å²) in [6.07, 6.45) is 12.2. The summed E-state index contributed by atoms with van der Waals surface area (Å²) in [6.45, 7) is 9.63. The normalized spacial score (nSPS) is 17.0. The zero-order valence-electron chi connectivity index (χ0n) is 15.5. The quantitative estimate of drug-likeness (QED) is 0.162. The van der Waals surface area contributed by atoms with Crippen LogP contribution in [0.3, 0.4) is 0 Å². The molecule has 25 heavy (non-hydrogen) atoms. The molecule has 0 aromatic carbocycles. The van der Waals surface area contributed by atoms with Gasteiger partial charge < -0.3 is 18.9 Å². The summed E-state index contributed by atoms with van der Waals surface area (Å²) in [7, 11) is 0. The van der Waals surface area contributed by atoms with Crippen molar-refractivity contribution in [1.29, 1.82) is 0 Å². The van der Waals surface area contributed by atoms with Crippen LogP contribution in [0.4, 0.5) is 0 Å². The second-order valence-corrected chi connectivity index (χ2v) is 6.37. The molecule has 0 spiro atoms. The Labute approximate surface area is 152 Å². The molecule has 1 saturated heterocycles. The summed E-state index contributed by atoms with van der Waals surface area (Å²) < 4.78 is 21.4. The summed E-state index contributed by atoms with van der Waals surface area (Å²) in [6, 6.07) is 0. The molecule has 0 radical (unpaired) electrons. The fourth-order valence-corrected chi connectivity index (χ4v) is 2.47. The first-order valence-electron chi connectivity index (χ1n) is 9.44. The molecule has 0 aliphatic carbocycles. The molecule has 1 rings (SSSR count). The van der Waals surface area contributed by atoms with Crippen LogP contribution in [0.15, 0.2) is 25.3 Å². The molecule has 0 aromatic heterocycles. The molecule has 5 heteroatoms. The molecule has 1 aliphatic heterocycles. The van der Waals surface area contributed by atoms with Crippen molar-refractivity contribution >= 4 is 5.97 Å². The standard InChI is InChI=1S/C20H34O5/c1-3-13-22-15-19(23-14-4-2)17-25-20(21)12-10-8-6-5-7-9-11-18-16-24-18/h3-4,18-19H,1-2,5-17H2. The van der Waals surface area contributed by atoms with Crippen molar-refractivity contribution in [2.45, 2.75) is 63.6 Å². The maximum Gasteiger partial charge on any atom is 0.305 e. The van der Waals surface area contributed by atoms with E-state index in [0.717, 1.165) is 19.4 Å². The van der Waals surface area contributed by atoms with Gasteiger partial charge in [0, 0.05) is 6.42 Å². The van der Waals surface area contributed by atoms with Crippen molar-refractivity contribution in [3.63, 3.8) is 0 Å². The number of carbonyl (C=O) groups excluding carboxylic acids is 1. The lowest BCUT2D eigenvalue weighted by atomic mass is 10.1. The lowest BCUT2D eigenvalue weighted by Gasteiger charge is -2.17. The van der Waals surface area contributed by atoms with Crippen LogP contribution in [0, 0.1) is 0 Å². The van der Waals surface area contributed by atoms with Gasteiger partial charge >= 0.3 is 5.97 Å². The summed E-state index contributed by atoms with van der Waals surface area (Å²) in [5.74, 6) is -0.165. The highest BCUT2D eigenvalue weighted by Gasteiger charge is 2.20. The first kappa shape index (κ1) is 21.9. The minimum absolute atomic E-state index is 0.165. The number of esters is 1. The lowest BCUT2D eigenvalue weighted by molar-refractivity contribution is -0.149. The zero-order valence-corrected chi connectivity index (χ0v) is 15.5. The molecule has 2 unspecified atom stereocenters. The number of epoxide rings is 1. The predicted molar refractivity (Wildman–Crippen MR) is 98.6 cm³/mol. The van der Waals surface area contributed by atoms with Crippen molar-refractivity contribution in [1.82, 2.24) is 0 Å². The van der Waals surface area contributed by atoms with Gasteiger partial charge in [-0.05, 0) is 12.8 Å². The van der Waals surface area contributed by atoms with Crippen LogP contribution in [0.5, 0.6) is 0 Å². The van der Waals surface area contributed by atoms with Crippen molar-refractivity contribution in [3.05, 3.63) is 25.3 Å². The molecule has 0 bridgehead atoms. The molecule has 0 saturated carbocycles. The van der Waals surface area contributed by atoms with Gasteiger partial charge in [0.05, 0.1) is 32.5 Å². The van der Waals surface area contributed by atoms with Crippen molar-refractivity contribution < 1.29 is 23.7 Å². The Hall–Kier alpha value is -1.17. The number of hydrogen-bond donors (Lipinski definition) is 0. The van der Waals surface area contributed by atoms with Crippen LogP contribution in [-0.2, 0) is 23.7 Å². The number of unbranched alkanes of at least 4 members (excludes halogenated alkanes) is 5. The molecule has 0 aromatic rings. The molecule has 1 heterocycles. The van der Waals surface area contributed by atoms with Crippen LogP contribution in [0.25, 0.3) is 0 Å². The average molecular weight is 354 g/mol. The van der Waals surface area contributed by atoms with Crippen molar-refractivity contribution in [2.75, 3.05) is 33.0 Å². The Kier molecular flexibility index (Phi) is 13.2. The maximum absolute atomic E-state index is 11.8. The van der Waals surface area contributed by atoms with Gasteiger partial charge in [0.25, 0.3) is 0 Å². The molecule has 2 atom stereocenters. The summed E-state index contributed by atoms with van der Waals surface area (Å²) in [4.78, 5) is 11.8. The van der Waals surface area contributed by atoms with Gasteiger partial charge in [0.15, 0.2) is 0 Å². The lowest BCUT2D eigenvalue weighted by Crippen LogP contribution is -2.27. The van der Waals surface area contributed by atoms with Gasteiger partial charge in [-0.3, -0.25) is 4.79 Å². The topological polar surface area (TPSA) is 57.3 Å². The average Bonchev–Trinajstić information content (AvgIpc) is 3.43. The molecule has 0 N–H and O–H groups in total. The molecular weight excluding hydrogens is 320 g/mol. The molecule has 1 fully saturated rings. The van der Waals surface area contributed by atoms with E-state index in [2.05, 4.69) is 13.2 Å². The third kappa shape index (κ3) is 13.8. The van der Waals surface area contributed by atoms with Gasteiger partial charge in [0.2, 0.25) is 0 Å². The van der Waals surface area contributed by atoms with Crippen LogP contribution < -0.4 is 0 Å². The highest BCUT2D eigenvalue weighted by atomic mass is 16.6. The first-order chi connectivity index (χ1) is 12.3. The fourth-order valence-electron chi connectivity index (χ4n) is 2.47. The van der Waals surface area contributed by atoms with E-state index in [9.17, 15) is 4.79 Å². The van der Waals surface area contributed by atoms with Crippen LogP contribution >= 0.6 is 0 Å². The smallest absolute Gasteiger partial charge is 0.305 e. The predicted octanol–water partition coefficient (Wildman–Crippen LogP) is 3.82. The maximum atomic E-state index is 11.8. The largest absolute Gasteiger partial charge is 0.463 e. The van der Waals surface area contributed by atoms with Gasteiger partial charge in [-0.2, -0.15) is 0 Å². The van der Waals surface area contributed by atoms with E-state index in [1.54, 1.807) is 12.2 Å². The molecular formula is C20H34O5. The second kappa shape index (κ2) is 15.1. The summed E-state index contributed by atoms with van der Waals surface area (Å²) in [5.41, 5.74) is 0. The van der Waals surface area contributed by atoms with Crippen LogP contribution in [-0.4, -0.2) is 51.2 Å². The summed E-state index contributed by atoms with van der Waals surface area (Å²) >= 11 is 0. The molecule has 5 nitrogen and oxygen atoms in total. The first-order valence-corrected chi connectivity index (χ1v) is 9.44. The van der Waals surface area contributed by atoms with Crippen molar-refractivity contribution in [2.24, 2.45) is 0 Å². The van der Waals surface area contributed by atoms with E-state index in [4.69, 9.17) is 18.9 Å². The zero-order chi connectivity index (χ0) is 18.2. The third-order valence-corrected chi connectivity index (χ3v) is 3.98. The number of carbonyl (C=O) groups is 1. The van der Waals surface area contributed by atoms with E-state index in [-0.39, 0.29) is 18.7 Å². The van der Waals surface area contributed by atoms with E-state index in [1.165, 1.54) is 32.1 Å². The second-order valence-electron chi connectivity index (χ2n) is 6.37. The molecule has 1 aliphatic rings. The Morgan fingerprint density at radius 3 is 2.40 bits per heavy atom. The van der Waals surface area contributed by atoms with Crippen LogP contribution in [0.1, 0.15) is 51.4 Å². The highest BCUT2D eigenvalue weighted by Crippen LogP contribution is 2.18. The SMILES string of the molecule is C=CCOCC(COC(=O)CCCCCCCCC1CO1)OCC=C.